The highest BCUT2D eigenvalue weighted by molar-refractivity contribution is 5.67. The first-order valence-corrected chi connectivity index (χ1v) is 8.22. The van der Waals surface area contributed by atoms with Gasteiger partial charge in [0.05, 0.1) is 5.60 Å². The molecule has 0 bridgehead atoms. The molecule has 0 radical (unpaired) electrons. The molecule has 3 rings (SSSR count). The average Bonchev–Trinajstić information content (AvgIpc) is 2.62. The quantitative estimate of drug-likeness (QED) is 0.938. The van der Waals surface area contributed by atoms with Gasteiger partial charge in [0.25, 0.3) is 0 Å². The van der Waals surface area contributed by atoms with E-state index >= 15 is 0 Å². The Bertz CT molecular complexity index is 653. The monoisotopic (exact) mass is 326 g/mol. The third-order valence-corrected chi connectivity index (χ3v) is 4.44. The van der Waals surface area contributed by atoms with Crippen LogP contribution in [-0.4, -0.2) is 39.8 Å². The van der Waals surface area contributed by atoms with Crippen LogP contribution in [0.15, 0.2) is 54.9 Å². The predicted molar refractivity (Wildman–Crippen MR) is 90.3 cm³/mol. The van der Waals surface area contributed by atoms with E-state index in [1.807, 2.05) is 42.5 Å². The van der Waals surface area contributed by atoms with Gasteiger partial charge in [-0.3, -0.25) is 4.98 Å². The highest BCUT2D eigenvalue weighted by Crippen LogP contribution is 2.26. The molecule has 1 saturated heterocycles. The van der Waals surface area contributed by atoms with E-state index < -0.39 is 5.60 Å². The molecule has 1 aliphatic rings. The lowest BCUT2D eigenvalue weighted by molar-refractivity contribution is -0.0206. The number of hydrogen-bond acceptors (Lipinski definition) is 4. The number of pyridine rings is 1. The van der Waals surface area contributed by atoms with E-state index in [4.69, 9.17) is 4.74 Å². The molecular formula is C19H22N2O3. The molecule has 5 nitrogen and oxygen atoms in total. The Morgan fingerprint density at radius 3 is 2.42 bits per heavy atom. The maximum atomic E-state index is 12.2. The molecule has 0 atom stereocenters. The molecule has 5 heteroatoms. The van der Waals surface area contributed by atoms with Gasteiger partial charge in [-0.05, 0) is 36.1 Å². The molecule has 2 aromatic rings. The first kappa shape index (κ1) is 16.5. The van der Waals surface area contributed by atoms with Crippen molar-refractivity contribution < 1.29 is 14.6 Å². The highest BCUT2D eigenvalue weighted by atomic mass is 16.6. The number of carbonyl (C=O) groups excluding carboxylic acids is 1. The first-order chi connectivity index (χ1) is 11.6. The molecule has 1 fully saturated rings. The standard InChI is InChI=1S/C19H22N2O3/c22-18(24-15-17-4-2-1-3-5-17)21-12-8-19(23,9-13-21)14-16-6-10-20-11-7-16/h1-7,10-11,23H,8-9,12-15H2. The van der Waals surface area contributed by atoms with Gasteiger partial charge in [0.2, 0.25) is 0 Å². The number of amides is 1. The molecule has 24 heavy (non-hydrogen) atoms. The minimum atomic E-state index is -0.766. The van der Waals surface area contributed by atoms with E-state index in [-0.39, 0.29) is 12.7 Å². The Labute approximate surface area is 141 Å². The molecule has 1 amide bonds. The van der Waals surface area contributed by atoms with Crippen LogP contribution in [0.3, 0.4) is 0 Å². The van der Waals surface area contributed by atoms with Gasteiger partial charge < -0.3 is 14.7 Å². The van der Waals surface area contributed by atoms with Crippen LogP contribution in [0.4, 0.5) is 4.79 Å². The molecule has 1 N–H and O–H groups in total. The Morgan fingerprint density at radius 2 is 1.75 bits per heavy atom. The summed E-state index contributed by atoms with van der Waals surface area (Å²) >= 11 is 0. The molecule has 0 saturated carbocycles. The van der Waals surface area contributed by atoms with Crippen LogP contribution in [0.25, 0.3) is 0 Å². The molecule has 0 spiro atoms. The normalized spacial score (nSPS) is 16.6. The molecule has 2 heterocycles. The molecule has 0 aliphatic carbocycles. The number of carbonyl (C=O) groups is 1. The maximum Gasteiger partial charge on any atom is 0.410 e. The summed E-state index contributed by atoms with van der Waals surface area (Å²) < 4.78 is 5.35. The Kier molecular flexibility index (Phi) is 5.11. The van der Waals surface area contributed by atoms with Crippen molar-refractivity contribution >= 4 is 6.09 Å². The third-order valence-electron chi connectivity index (χ3n) is 4.44. The fourth-order valence-electron chi connectivity index (χ4n) is 2.97. The fourth-order valence-corrected chi connectivity index (χ4v) is 2.97. The van der Waals surface area contributed by atoms with Crippen molar-refractivity contribution in [1.29, 1.82) is 0 Å². The summed E-state index contributed by atoms with van der Waals surface area (Å²) in [5.41, 5.74) is 1.27. The van der Waals surface area contributed by atoms with E-state index in [9.17, 15) is 9.90 Å². The van der Waals surface area contributed by atoms with Crippen molar-refractivity contribution in [1.82, 2.24) is 9.88 Å². The van der Waals surface area contributed by atoms with Crippen LogP contribution in [0.2, 0.25) is 0 Å². The molecular weight excluding hydrogens is 304 g/mol. The molecule has 126 valence electrons. The van der Waals surface area contributed by atoms with Gasteiger partial charge in [0.1, 0.15) is 6.61 Å². The maximum absolute atomic E-state index is 12.2. The number of ether oxygens (including phenoxy) is 1. The zero-order valence-electron chi connectivity index (χ0n) is 13.6. The van der Waals surface area contributed by atoms with Gasteiger partial charge in [-0.2, -0.15) is 0 Å². The molecule has 1 aliphatic heterocycles. The zero-order valence-corrected chi connectivity index (χ0v) is 13.6. The lowest BCUT2D eigenvalue weighted by Gasteiger charge is -2.37. The van der Waals surface area contributed by atoms with Crippen LogP contribution >= 0.6 is 0 Å². The molecule has 1 aromatic carbocycles. The SMILES string of the molecule is O=C(OCc1ccccc1)N1CCC(O)(Cc2ccncc2)CC1. The second kappa shape index (κ2) is 7.45. The second-order valence-corrected chi connectivity index (χ2v) is 6.28. The molecule has 0 unspecified atom stereocenters. The number of aromatic nitrogens is 1. The van der Waals surface area contributed by atoms with E-state index in [1.54, 1.807) is 17.3 Å². The molecule has 1 aromatic heterocycles. The summed E-state index contributed by atoms with van der Waals surface area (Å²) in [4.78, 5) is 17.8. The van der Waals surface area contributed by atoms with Crippen molar-refractivity contribution in [3.63, 3.8) is 0 Å². The summed E-state index contributed by atoms with van der Waals surface area (Å²) in [7, 11) is 0. The van der Waals surface area contributed by atoms with E-state index in [2.05, 4.69) is 4.98 Å². The van der Waals surface area contributed by atoms with Crippen molar-refractivity contribution in [2.45, 2.75) is 31.5 Å². The van der Waals surface area contributed by atoms with Gasteiger partial charge >= 0.3 is 6.09 Å². The van der Waals surface area contributed by atoms with Crippen LogP contribution in [-0.2, 0) is 17.8 Å². The minimum absolute atomic E-state index is 0.275. The number of hydrogen-bond donors (Lipinski definition) is 1. The van der Waals surface area contributed by atoms with Crippen molar-refractivity contribution in [3.8, 4) is 0 Å². The second-order valence-electron chi connectivity index (χ2n) is 6.28. The van der Waals surface area contributed by atoms with Gasteiger partial charge in [-0.1, -0.05) is 30.3 Å². The Morgan fingerprint density at radius 1 is 1.08 bits per heavy atom. The zero-order chi connectivity index (χ0) is 16.8. The average molecular weight is 326 g/mol. The fraction of sp³-hybridized carbons (Fsp3) is 0.368. The number of nitrogens with zero attached hydrogens (tertiary/aromatic N) is 2. The van der Waals surface area contributed by atoms with Crippen molar-refractivity contribution in [2.75, 3.05) is 13.1 Å². The minimum Gasteiger partial charge on any atom is -0.445 e. The van der Waals surface area contributed by atoms with Gasteiger partial charge in [0, 0.05) is 31.9 Å². The Hall–Kier alpha value is -2.40. The first-order valence-electron chi connectivity index (χ1n) is 8.22. The number of aliphatic hydroxyl groups is 1. The van der Waals surface area contributed by atoms with Crippen LogP contribution in [0.1, 0.15) is 24.0 Å². The summed E-state index contributed by atoms with van der Waals surface area (Å²) in [5.74, 6) is 0. The smallest absolute Gasteiger partial charge is 0.410 e. The highest BCUT2D eigenvalue weighted by Gasteiger charge is 2.34. The Balaban J connectivity index is 1.48. The van der Waals surface area contributed by atoms with E-state index in [0.717, 1.165) is 11.1 Å². The van der Waals surface area contributed by atoms with Gasteiger partial charge in [-0.25, -0.2) is 4.79 Å². The third kappa shape index (κ3) is 4.32. The summed E-state index contributed by atoms with van der Waals surface area (Å²) in [6, 6.07) is 13.5. The topological polar surface area (TPSA) is 62.7 Å². The van der Waals surface area contributed by atoms with Crippen LogP contribution < -0.4 is 0 Å². The van der Waals surface area contributed by atoms with Crippen LogP contribution in [0.5, 0.6) is 0 Å². The van der Waals surface area contributed by atoms with E-state index in [0.29, 0.717) is 32.4 Å². The van der Waals surface area contributed by atoms with Crippen molar-refractivity contribution in [3.05, 3.63) is 66.0 Å². The summed E-state index contributed by atoms with van der Waals surface area (Å²) in [5, 5.41) is 10.7. The number of likely N-dealkylation sites (tertiary alicyclic amines) is 1. The summed E-state index contributed by atoms with van der Waals surface area (Å²) in [6.45, 7) is 1.29. The van der Waals surface area contributed by atoms with E-state index in [1.165, 1.54) is 0 Å². The lowest BCUT2D eigenvalue weighted by atomic mass is 9.86. The van der Waals surface area contributed by atoms with Gasteiger partial charge in [-0.15, -0.1) is 0 Å². The predicted octanol–water partition coefficient (Wildman–Crippen LogP) is 2.79. The number of benzene rings is 1. The lowest BCUT2D eigenvalue weighted by Crippen LogP contribution is -2.47. The van der Waals surface area contributed by atoms with Crippen LogP contribution in [0, 0.1) is 0 Å². The van der Waals surface area contributed by atoms with Crippen molar-refractivity contribution in [2.24, 2.45) is 0 Å². The largest absolute Gasteiger partial charge is 0.445 e. The number of rotatable bonds is 4. The number of piperidine rings is 1. The van der Waals surface area contributed by atoms with Gasteiger partial charge in [0.15, 0.2) is 0 Å². The summed E-state index contributed by atoms with van der Waals surface area (Å²) in [6.07, 6.45) is 4.84.